The molecule has 1 nitrogen and oxygen atoms in total. The van der Waals surface area contributed by atoms with E-state index < -0.39 is 0 Å². The van der Waals surface area contributed by atoms with Crippen molar-refractivity contribution < 1.29 is 0 Å². The first-order valence-corrected chi connectivity index (χ1v) is 10.3. The van der Waals surface area contributed by atoms with Gasteiger partial charge in [0, 0.05) is 0 Å². The Labute approximate surface area is 148 Å². The highest BCUT2D eigenvalue weighted by molar-refractivity contribution is 5.33. The smallest absolute Gasteiger partial charge is 0.0991 e. The van der Waals surface area contributed by atoms with Crippen molar-refractivity contribution >= 4 is 0 Å². The van der Waals surface area contributed by atoms with Crippen molar-refractivity contribution in [2.75, 3.05) is 0 Å². The third-order valence-corrected chi connectivity index (χ3v) is 6.81. The molecule has 3 rings (SSSR count). The lowest BCUT2D eigenvalue weighted by molar-refractivity contribution is 0.156. The molecule has 2 aliphatic carbocycles. The van der Waals surface area contributed by atoms with Crippen molar-refractivity contribution in [3.63, 3.8) is 0 Å². The highest BCUT2D eigenvalue weighted by Crippen LogP contribution is 2.44. The van der Waals surface area contributed by atoms with Gasteiger partial charge in [-0.25, -0.2) is 0 Å². The van der Waals surface area contributed by atoms with Crippen LogP contribution in [0, 0.1) is 29.1 Å². The minimum atomic E-state index is 0.731. The van der Waals surface area contributed by atoms with Crippen molar-refractivity contribution in [2.24, 2.45) is 17.8 Å². The van der Waals surface area contributed by atoms with Crippen LogP contribution >= 0.6 is 0 Å². The molecule has 0 aromatic heterocycles. The molecule has 0 atom stereocenters. The molecule has 2 fully saturated rings. The van der Waals surface area contributed by atoms with Crippen molar-refractivity contribution in [2.45, 2.75) is 83.5 Å². The van der Waals surface area contributed by atoms with Gasteiger partial charge in [0.15, 0.2) is 0 Å². The Hall–Kier alpha value is -1.29. The predicted molar refractivity (Wildman–Crippen MR) is 101 cm³/mol. The van der Waals surface area contributed by atoms with Crippen LogP contribution in [0.1, 0.15) is 94.6 Å². The molecule has 0 bridgehead atoms. The van der Waals surface area contributed by atoms with E-state index >= 15 is 0 Å². The van der Waals surface area contributed by atoms with E-state index in [1.165, 1.54) is 76.2 Å². The van der Waals surface area contributed by atoms with E-state index in [0.717, 1.165) is 29.2 Å². The maximum absolute atomic E-state index is 8.93. The van der Waals surface area contributed by atoms with Gasteiger partial charge in [-0.2, -0.15) is 5.26 Å². The Balaban J connectivity index is 1.44. The molecule has 0 unspecified atom stereocenters. The Morgan fingerprint density at radius 2 is 1.46 bits per heavy atom. The average molecular weight is 324 g/mol. The summed E-state index contributed by atoms with van der Waals surface area (Å²) in [6.07, 6.45) is 15.8. The first-order valence-electron chi connectivity index (χ1n) is 10.3. The number of benzene rings is 1. The summed E-state index contributed by atoms with van der Waals surface area (Å²) in [7, 11) is 0. The first-order chi connectivity index (χ1) is 11.8. The standard InChI is InChI=1S/C23H33N/c1-2-3-4-18-5-9-20(10-6-18)22-13-15-23(16-14-22)21-11-7-19(17-24)8-12-21/h7-8,11-12,18,20,22-23H,2-6,9-10,13-16H2,1H3. The first kappa shape index (κ1) is 17.5. The quantitative estimate of drug-likeness (QED) is 0.582. The molecule has 0 heterocycles. The van der Waals surface area contributed by atoms with Crippen LogP contribution in [0.15, 0.2) is 24.3 Å². The molecule has 1 aromatic rings. The second-order valence-electron chi connectivity index (χ2n) is 8.27. The van der Waals surface area contributed by atoms with Gasteiger partial charge in [-0.3, -0.25) is 0 Å². The molecular formula is C23H33N. The third kappa shape index (κ3) is 4.41. The van der Waals surface area contributed by atoms with Crippen LogP contribution in [0.5, 0.6) is 0 Å². The summed E-state index contributed by atoms with van der Waals surface area (Å²) in [5, 5.41) is 8.93. The van der Waals surface area contributed by atoms with Gasteiger partial charge in [-0.05, 0) is 79.9 Å². The maximum Gasteiger partial charge on any atom is 0.0991 e. The van der Waals surface area contributed by atoms with Crippen LogP contribution in [0.2, 0.25) is 0 Å². The highest BCUT2D eigenvalue weighted by Gasteiger charge is 2.31. The van der Waals surface area contributed by atoms with E-state index in [1.54, 1.807) is 0 Å². The number of hydrogen-bond acceptors (Lipinski definition) is 1. The van der Waals surface area contributed by atoms with Crippen molar-refractivity contribution in [3.8, 4) is 6.07 Å². The zero-order valence-corrected chi connectivity index (χ0v) is 15.3. The second kappa shape index (κ2) is 8.70. The summed E-state index contributed by atoms with van der Waals surface area (Å²) in [4.78, 5) is 0. The van der Waals surface area contributed by atoms with Gasteiger partial charge in [0.05, 0.1) is 11.6 Å². The van der Waals surface area contributed by atoms with E-state index in [9.17, 15) is 0 Å². The fourth-order valence-corrected chi connectivity index (χ4v) is 5.19. The Kier molecular flexibility index (Phi) is 6.36. The van der Waals surface area contributed by atoms with Gasteiger partial charge in [0.25, 0.3) is 0 Å². The Morgan fingerprint density at radius 3 is 2.00 bits per heavy atom. The van der Waals surface area contributed by atoms with E-state index in [2.05, 4.69) is 25.1 Å². The van der Waals surface area contributed by atoms with Crippen molar-refractivity contribution in [3.05, 3.63) is 35.4 Å². The van der Waals surface area contributed by atoms with Crippen LogP contribution in [0.3, 0.4) is 0 Å². The summed E-state index contributed by atoms with van der Waals surface area (Å²) < 4.78 is 0. The van der Waals surface area contributed by atoms with E-state index in [1.807, 2.05) is 12.1 Å². The minimum absolute atomic E-state index is 0.731. The van der Waals surface area contributed by atoms with E-state index in [-0.39, 0.29) is 0 Å². The summed E-state index contributed by atoms with van der Waals surface area (Å²) in [5.41, 5.74) is 2.24. The van der Waals surface area contributed by atoms with Gasteiger partial charge in [0.1, 0.15) is 0 Å². The summed E-state index contributed by atoms with van der Waals surface area (Å²) >= 11 is 0. The molecule has 1 aromatic carbocycles. The summed E-state index contributed by atoms with van der Waals surface area (Å²) in [6.45, 7) is 2.32. The van der Waals surface area contributed by atoms with Gasteiger partial charge in [0.2, 0.25) is 0 Å². The average Bonchev–Trinajstić information content (AvgIpc) is 2.67. The van der Waals surface area contributed by atoms with Gasteiger partial charge < -0.3 is 0 Å². The molecule has 2 saturated carbocycles. The molecule has 24 heavy (non-hydrogen) atoms. The largest absolute Gasteiger partial charge is 0.192 e. The zero-order valence-electron chi connectivity index (χ0n) is 15.3. The number of rotatable bonds is 5. The second-order valence-corrected chi connectivity index (χ2v) is 8.27. The van der Waals surface area contributed by atoms with Crippen molar-refractivity contribution in [1.82, 2.24) is 0 Å². The van der Waals surface area contributed by atoms with Crippen LogP contribution < -0.4 is 0 Å². The molecule has 0 aliphatic heterocycles. The maximum atomic E-state index is 8.93. The molecule has 0 amide bonds. The fourth-order valence-electron chi connectivity index (χ4n) is 5.19. The fraction of sp³-hybridized carbons (Fsp3) is 0.696. The SMILES string of the molecule is CCCCC1CCC(C2CCC(c3ccc(C#N)cc3)CC2)CC1. The van der Waals surface area contributed by atoms with Crippen LogP contribution in [0.25, 0.3) is 0 Å². The monoisotopic (exact) mass is 323 g/mol. The van der Waals surface area contributed by atoms with Crippen LogP contribution in [-0.4, -0.2) is 0 Å². The molecule has 0 saturated heterocycles. The normalized spacial score (nSPS) is 30.7. The molecule has 0 spiro atoms. The predicted octanol–water partition coefficient (Wildman–Crippen LogP) is 6.83. The third-order valence-electron chi connectivity index (χ3n) is 6.81. The van der Waals surface area contributed by atoms with Gasteiger partial charge in [-0.15, -0.1) is 0 Å². The van der Waals surface area contributed by atoms with Gasteiger partial charge >= 0.3 is 0 Å². The lowest BCUT2D eigenvalue weighted by atomic mass is 9.68. The molecule has 1 heteroatoms. The number of nitriles is 1. The molecule has 0 radical (unpaired) electrons. The van der Waals surface area contributed by atoms with E-state index in [0.29, 0.717) is 0 Å². The molecule has 2 aliphatic rings. The molecular weight excluding hydrogens is 290 g/mol. The summed E-state index contributed by atoms with van der Waals surface area (Å²) in [6, 6.07) is 10.6. The van der Waals surface area contributed by atoms with Crippen molar-refractivity contribution in [1.29, 1.82) is 5.26 Å². The number of nitrogens with zero attached hydrogens (tertiary/aromatic N) is 1. The van der Waals surface area contributed by atoms with Crippen LogP contribution in [0.4, 0.5) is 0 Å². The van der Waals surface area contributed by atoms with E-state index in [4.69, 9.17) is 5.26 Å². The minimum Gasteiger partial charge on any atom is -0.192 e. The molecule has 130 valence electrons. The lowest BCUT2D eigenvalue weighted by Gasteiger charge is -2.38. The number of unbranched alkanes of at least 4 members (excludes halogenated alkanes) is 1. The number of hydrogen-bond donors (Lipinski definition) is 0. The Morgan fingerprint density at radius 1 is 0.875 bits per heavy atom. The summed E-state index contributed by atoms with van der Waals surface area (Å²) in [5.74, 6) is 3.78. The van der Waals surface area contributed by atoms with Crippen LogP contribution in [-0.2, 0) is 0 Å². The molecule has 0 N–H and O–H groups in total. The Bertz CT molecular complexity index is 522. The highest BCUT2D eigenvalue weighted by atomic mass is 14.4. The topological polar surface area (TPSA) is 23.8 Å². The zero-order chi connectivity index (χ0) is 16.8. The van der Waals surface area contributed by atoms with Gasteiger partial charge in [-0.1, -0.05) is 51.2 Å². The lowest BCUT2D eigenvalue weighted by Crippen LogP contribution is -2.25.